The molecule has 0 spiro atoms. The molecule has 10 aromatic rings. The van der Waals surface area contributed by atoms with Gasteiger partial charge < -0.3 is 54.0 Å². The van der Waals surface area contributed by atoms with Gasteiger partial charge in [-0.1, -0.05) is 97.1 Å². The Labute approximate surface area is 479 Å². The molecule has 0 bridgehead atoms. The molecule has 434 valence electrons. The minimum Gasteiger partial charge on any atom is -0.508 e. The largest absolute Gasteiger partial charge is 0.508 e. The minimum atomic E-state index is -4.53. The van der Waals surface area contributed by atoms with Crippen molar-refractivity contribution in [1.82, 2.24) is 0 Å². The quantitative estimate of drug-likeness (QED) is 0.0786. The number of ether oxygens (including phenoxy) is 6. The maximum atomic E-state index is 13.3. The summed E-state index contributed by atoms with van der Waals surface area (Å²) in [5, 5.41) is 46.9. The molecule has 0 saturated carbocycles. The molecule has 0 saturated heterocycles. The average molecular weight is 1160 g/mol. The molecule has 0 radical (unpaired) electrons. The van der Waals surface area contributed by atoms with Crippen molar-refractivity contribution in [2.45, 2.75) is 33.1 Å². The zero-order valence-electron chi connectivity index (χ0n) is 45.3. The van der Waals surface area contributed by atoms with Gasteiger partial charge in [0.1, 0.15) is 80.5 Å². The predicted octanol–water partition coefficient (Wildman–Crippen LogP) is 19.0. The molecule has 11 nitrogen and oxygen atoms in total. The van der Waals surface area contributed by atoms with E-state index in [4.69, 9.17) is 28.4 Å². The summed E-state index contributed by atoms with van der Waals surface area (Å²) in [4.78, 5) is 0. The monoisotopic (exact) mass is 1160 g/mol. The topological polar surface area (TPSA) is 157 Å². The van der Waals surface area contributed by atoms with Crippen LogP contribution in [0.1, 0.15) is 27.8 Å². The zero-order chi connectivity index (χ0) is 60.8. The van der Waals surface area contributed by atoms with Gasteiger partial charge in [-0.3, -0.25) is 0 Å². The predicted molar refractivity (Wildman–Crippen MR) is 304 cm³/mol. The first kappa shape index (κ1) is 62.7. The molecule has 0 aromatic heterocycles. The Kier molecular flexibility index (Phi) is 22.3. The van der Waals surface area contributed by atoms with Crippen LogP contribution in [0.15, 0.2) is 231 Å². The van der Waals surface area contributed by atoms with Crippen molar-refractivity contribution in [3.05, 3.63) is 264 Å². The molecular formula is C66H55F7O11. The third-order valence-corrected chi connectivity index (χ3v) is 11.4. The number of alkyl halides is 6. The van der Waals surface area contributed by atoms with E-state index >= 15 is 0 Å². The Morgan fingerprint density at radius 2 is 0.714 bits per heavy atom. The lowest BCUT2D eigenvalue weighted by atomic mass is 10.1. The van der Waals surface area contributed by atoms with Crippen molar-refractivity contribution in [3.8, 4) is 92.0 Å². The summed E-state index contributed by atoms with van der Waals surface area (Å²) in [6, 6.07) is 61.0. The number of halogens is 7. The highest BCUT2D eigenvalue weighted by Gasteiger charge is 2.35. The van der Waals surface area contributed by atoms with E-state index in [1.54, 1.807) is 78.9 Å². The van der Waals surface area contributed by atoms with Crippen molar-refractivity contribution in [2.24, 2.45) is 0 Å². The molecule has 0 unspecified atom stereocenters. The number of para-hydroxylation sites is 5. The van der Waals surface area contributed by atoms with Crippen LogP contribution in [0, 0.1) is 26.6 Å². The van der Waals surface area contributed by atoms with E-state index in [1.165, 1.54) is 31.4 Å². The number of rotatable bonds is 11. The maximum Gasteiger partial charge on any atom is 0.419 e. The van der Waals surface area contributed by atoms with Crippen molar-refractivity contribution in [1.29, 1.82) is 0 Å². The lowest BCUT2D eigenvalue weighted by Crippen LogP contribution is -2.06. The van der Waals surface area contributed by atoms with Gasteiger partial charge in [-0.05, 0) is 135 Å². The summed E-state index contributed by atoms with van der Waals surface area (Å²) >= 11 is 0. The lowest BCUT2D eigenvalue weighted by Gasteiger charge is -2.13. The maximum absolute atomic E-state index is 13.3. The van der Waals surface area contributed by atoms with E-state index in [-0.39, 0.29) is 34.5 Å². The van der Waals surface area contributed by atoms with Gasteiger partial charge >= 0.3 is 12.4 Å². The van der Waals surface area contributed by atoms with Crippen LogP contribution >= 0.6 is 0 Å². The average Bonchev–Trinajstić information content (AvgIpc) is 3.61. The zero-order valence-corrected chi connectivity index (χ0v) is 45.3. The molecule has 10 aromatic carbocycles. The number of hydrogen-bond donors (Lipinski definition) is 5. The Morgan fingerprint density at radius 1 is 0.321 bits per heavy atom. The molecule has 0 aliphatic carbocycles. The Morgan fingerprint density at radius 3 is 1.14 bits per heavy atom. The van der Waals surface area contributed by atoms with Crippen LogP contribution in [-0.4, -0.2) is 32.6 Å². The first-order chi connectivity index (χ1) is 40.0. The molecule has 0 amide bonds. The summed E-state index contributed by atoms with van der Waals surface area (Å²) in [7, 11) is 1.32. The third-order valence-electron chi connectivity index (χ3n) is 11.4. The molecule has 84 heavy (non-hydrogen) atoms. The molecular weight excluding hydrogens is 1100 g/mol. The van der Waals surface area contributed by atoms with E-state index < -0.39 is 46.5 Å². The molecule has 0 heterocycles. The van der Waals surface area contributed by atoms with E-state index in [1.807, 2.05) is 112 Å². The SMILES string of the molecule is COc1cc(Oc2ccccc2)cc(O)c1F.Cc1cc(Oc2ccccc2)cc(O)c1C.Cc1ccc(O)cc1Oc1ccccc1.Oc1cc(Oc2ccccc2)cc(C(F)(F)F)c1.Oc1ccc(C(F)(F)F)c(Oc2ccccc2)c1. The number of methoxy groups -OCH3 is 1. The van der Waals surface area contributed by atoms with Gasteiger partial charge in [0.2, 0.25) is 5.82 Å². The number of aromatic hydroxyl groups is 5. The lowest BCUT2D eigenvalue weighted by molar-refractivity contribution is -0.139. The number of phenolic OH excluding ortho intramolecular Hbond substituents is 5. The van der Waals surface area contributed by atoms with Gasteiger partial charge in [-0.25, -0.2) is 0 Å². The number of benzene rings is 10. The van der Waals surface area contributed by atoms with E-state index in [0.717, 1.165) is 58.5 Å². The van der Waals surface area contributed by atoms with Crippen molar-refractivity contribution in [3.63, 3.8) is 0 Å². The fourth-order valence-corrected chi connectivity index (χ4v) is 7.07. The number of hydrogen-bond acceptors (Lipinski definition) is 11. The van der Waals surface area contributed by atoms with Crippen LogP contribution in [0.5, 0.6) is 92.0 Å². The van der Waals surface area contributed by atoms with Crippen molar-refractivity contribution < 1.29 is 84.7 Å². The van der Waals surface area contributed by atoms with Gasteiger partial charge in [0.25, 0.3) is 0 Å². The van der Waals surface area contributed by atoms with Crippen LogP contribution < -0.4 is 28.4 Å². The first-order valence-corrected chi connectivity index (χ1v) is 25.2. The summed E-state index contributed by atoms with van der Waals surface area (Å²) in [6.07, 6.45) is -9.05. The van der Waals surface area contributed by atoms with Crippen LogP contribution in [0.2, 0.25) is 0 Å². The van der Waals surface area contributed by atoms with Gasteiger partial charge in [-0.2, -0.15) is 30.7 Å². The Hall–Kier alpha value is -10.5. The van der Waals surface area contributed by atoms with Crippen LogP contribution in [0.3, 0.4) is 0 Å². The van der Waals surface area contributed by atoms with Gasteiger partial charge in [0.15, 0.2) is 11.5 Å². The second-order valence-corrected chi connectivity index (χ2v) is 17.8. The molecule has 0 aliphatic heterocycles. The fraction of sp³-hybridized carbons (Fsp3) is 0.0909. The molecule has 10 rings (SSSR count). The van der Waals surface area contributed by atoms with Gasteiger partial charge in [0.05, 0.1) is 18.2 Å². The number of phenols is 5. The molecule has 0 atom stereocenters. The highest BCUT2D eigenvalue weighted by molar-refractivity contribution is 5.48. The van der Waals surface area contributed by atoms with E-state index in [9.17, 15) is 56.3 Å². The van der Waals surface area contributed by atoms with Crippen molar-refractivity contribution in [2.75, 3.05) is 7.11 Å². The number of aryl methyl sites for hydroxylation is 2. The second-order valence-electron chi connectivity index (χ2n) is 17.8. The standard InChI is InChI=1S/C14H14O2.2C13H9F3O2.C13H11FO3.C13H12O2/c1-10-8-13(9-14(15)11(10)2)16-12-6-4-3-5-7-12;14-13(15,16)9-6-10(17)8-12(7-9)18-11-4-2-1-3-5-11;14-13(15,16)11-7-6-9(17)8-12(11)18-10-4-2-1-3-5-10;1-16-12-8-10(7-11(15)13(12)14)17-9-5-3-2-4-6-9;1-10-7-8-11(14)9-13(10)15-12-5-3-2-4-6-12/h3-9,15H,1-2H3;2*1-8,17H;2-8,15H,1H3;2-9,14H,1H3. The van der Waals surface area contributed by atoms with Crippen LogP contribution in [-0.2, 0) is 12.4 Å². The summed E-state index contributed by atoms with van der Waals surface area (Å²) in [6.45, 7) is 5.78. The minimum absolute atomic E-state index is 0.0593. The molecule has 0 fully saturated rings. The molecule has 18 heteroatoms. The fourth-order valence-electron chi connectivity index (χ4n) is 7.07. The Balaban J connectivity index is 0.000000169. The highest BCUT2D eigenvalue weighted by atomic mass is 19.4. The van der Waals surface area contributed by atoms with Crippen LogP contribution in [0.4, 0.5) is 30.7 Å². The second kappa shape index (κ2) is 29.8. The summed E-state index contributed by atoms with van der Waals surface area (Å²) in [5.74, 6) is 2.32. The third kappa shape index (κ3) is 19.9. The molecule has 5 N–H and O–H groups in total. The normalized spacial score (nSPS) is 10.6. The first-order valence-electron chi connectivity index (χ1n) is 25.2. The smallest absolute Gasteiger partial charge is 0.419 e. The van der Waals surface area contributed by atoms with Gasteiger partial charge in [0, 0.05) is 36.4 Å². The van der Waals surface area contributed by atoms with Crippen LogP contribution in [0.25, 0.3) is 0 Å². The Bertz CT molecular complexity index is 3630. The molecule has 0 aliphatic rings. The highest BCUT2D eigenvalue weighted by Crippen LogP contribution is 2.41. The van der Waals surface area contributed by atoms with Gasteiger partial charge in [-0.15, -0.1) is 0 Å². The summed E-state index contributed by atoms with van der Waals surface area (Å²) < 4.78 is 121. The summed E-state index contributed by atoms with van der Waals surface area (Å²) in [5.41, 5.74) is 1.03. The van der Waals surface area contributed by atoms with E-state index in [0.29, 0.717) is 34.8 Å². The van der Waals surface area contributed by atoms with E-state index in [2.05, 4.69) is 0 Å². The van der Waals surface area contributed by atoms with Crippen molar-refractivity contribution >= 4 is 0 Å².